The van der Waals surface area contributed by atoms with Crippen LogP contribution in [0.25, 0.3) is 0 Å². The van der Waals surface area contributed by atoms with Crippen LogP contribution in [0.5, 0.6) is 5.75 Å². The molecule has 1 N–H and O–H groups in total. The second kappa shape index (κ2) is 10.0. The van der Waals surface area contributed by atoms with E-state index < -0.39 is 6.10 Å². The smallest absolute Gasteiger partial charge is 0.261 e. The molecular formula is C26H36N2O2. The van der Waals surface area contributed by atoms with Crippen molar-refractivity contribution in [2.24, 2.45) is 0 Å². The summed E-state index contributed by atoms with van der Waals surface area (Å²) in [6.45, 7) is 12.4. The van der Waals surface area contributed by atoms with Crippen LogP contribution in [0, 0.1) is 6.92 Å². The first-order valence-corrected chi connectivity index (χ1v) is 11.3. The first kappa shape index (κ1) is 22.2. The zero-order chi connectivity index (χ0) is 21.7. The fraction of sp³-hybridized carbons (Fsp3) is 0.500. The average molecular weight is 409 g/mol. The molecule has 0 unspecified atom stereocenters. The minimum atomic E-state index is -0.556. The second-order valence-corrected chi connectivity index (χ2v) is 8.83. The molecular weight excluding hydrogens is 372 g/mol. The maximum atomic E-state index is 12.8. The number of amides is 1. The summed E-state index contributed by atoms with van der Waals surface area (Å²) in [5.41, 5.74) is 4.63. The van der Waals surface area contributed by atoms with Crippen molar-refractivity contribution < 1.29 is 9.53 Å². The molecule has 0 aromatic heterocycles. The molecule has 1 amide bonds. The Morgan fingerprint density at radius 2 is 1.63 bits per heavy atom. The number of hydrogen-bond donors (Lipinski definition) is 1. The summed E-state index contributed by atoms with van der Waals surface area (Å²) in [5.74, 6) is 1.04. The molecule has 0 bridgehead atoms. The Hall–Kier alpha value is -2.49. The van der Waals surface area contributed by atoms with Crippen LogP contribution in [-0.2, 0) is 4.79 Å². The van der Waals surface area contributed by atoms with Gasteiger partial charge >= 0.3 is 0 Å². The minimum Gasteiger partial charge on any atom is -0.481 e. The van der Waals surface area contributed by atoms with Crippen LogP contribution < -0.4 is 15.0 Å². The second-order valence-electron chi connectivity index (χ2n) is 8.83. The van der Waals surface area contributed by atoms with Crippen molar-refractivity contribution in [3.63, 3.8) is 0 Å². The van der Waals surface area contributed by atoms with Gasteiger partial charge in [-0.3, -0.25) is 4.79 Å². The summed E-state index contributed by atoms with van der Waals surface area (Å²) in [6, 6.07) is 14.7. The Bertz CT molecular complexity index is 839. The Morgan fingerprint density at radius 3 is 2.27 bits per heavy atom. The first-order valence-electron chi connectivity index (χ1n) is 11.3. The van der Waals surface area contributed by atoms with Crippen molar-refractivity contribution in [3.05, 3.63) is 59.2 Å². The van der Waals surface area contributed by atoms with Gasteiger partial charge in [-0.05, 0) is 80.8 Å². The molecule has 0 radical (unpaired) electrons. The molecule has 4 nitrogen and oxygen atoms in total. The molecule has 1 saturated heterocycles. The number of rotatable bonds is 7. The molecule has 2 atom stereocenters. The number of nitrogens with zero attached hydrogens (tertiary/aromatic N) is 1. The molecule has 1 aliphatic heterocycles. The van der Waals surface area contributed by atoms with Crippen LogP contribution in [0.1, 0.15) is 75.6 Å². The fourth-order valence-corrected chi connectivity index (χ4v) is 4.00. The van der Waals surface area contributed by atoms with Gasteiger partial charge in [0.05, 0.1) is 6.04 Å². The van der Waals surface area contributed by atoms with Gasteiger partial charge < -0.3 is 15.0 Å². The Labute approximate surface area is 181 Å². The van der Waals surface area contributed by atoms with E-state index in [4.69, 9.17) is 4.74 Å². The molecule has 30 heavy (non-hydrogen) atoms. The largest absolute Gasteiger partial charge is 0.481 e. The maximum absolute atomic E-state index is 12.8. The van der Waals surface area contributed by atoms with E-state index in [1.54, 1.807) is 0 Å². The van der Waals surface area contributed by atoms with Gasteiger partial charge in [-0.15, -0.1) is 0 Å². The van der Waals surface area contributed by atoms with E-state index in [9.17, 15) is 4.79 Å². The SMILES string of the molecule is Cc1ccc(C(C)C)c(O[C@@H](C)C(=O)N[C@@H](C)c2ccc(N3CCCCC3)cc2)c1. The van der Waals surface area contributed by atoms with E-state index in [1.165, 1.54) is 24.9 Å². The molecule has 0 spiro atoms. The van der Waals surface area contributed by atoms with Crippen LogP contribution in [0.2, 0.25) is 0 Å². The average Bonchev–Trinajstić information content (AvgIpc) is 2.74. The Balaban J connectivity index is 1.60. The normalized spacial score (nSPS) is 16.3. The van der Waals surface area contributed by atoms with Crippen molar-refractivity contribution in [1.29, 1.82) is 0 Å². The highest BCUT2D eigenvalue weighted by molar-refractivity contribution is 5.81. The lowest BCUT2D eigenvalue weighted by Gasteiger charge is -2.29. The highest BCUT2D eigenvalue weighted by atomic mass is 16.5. The van der Waals surface area contributed by atoms with Crippen molar-refractivity contribution in [2.75, 3.05) is 18.0 Å². The molecule has 4 heteroatoms. The summed E-state index contributed by atoms with van der Waals surface area (Å²) in [4.78, 5) is 15.2. The molecule has 1 fully saturated rings. The molecule has 0 saturated carbocycles. The minimum absolute atomic E-state index is 0.0685. The third-order valence-corrected chi connectivity index (χ3v) is 5.94. The number of anilines is 1. The lowest BCUT2D eigenvalue weighted by molar-refractivity contribution is -0.127. The number of nitrogens with one attached hydrogen (secondary N) is 1. The van der Waals surface area contributed by atoms with Gasteiger partial charge in [-0.25, -0.2) is 0 Å². The van der Waals surface area contributed by atoms with E-state index in [0.29, 0.717) is 5.92 Å². The van der Waals surface area contributed by atoms with Crippen molar-refractivity contribution in [2.45, 2.75) is 71.9 Å². The first-order chi connectivity index (χ1) is 14.3. The number of aryl methyl sites for hydroxylation is 1. The highest BCUT2D eigenvalue weighted by Gasteiger charge is 2.20. The van der Waals surface area contributed by atoms with Crippen molar-refractivity contribution in [1.82, 2.24) is 5.32 Å². The maximum Gasteiger partial charge on any atom is 0.261 e. The summed E-state index contributed by atoms with van der Waals surface area (Å²) >= 11 is 0. The van der Waals surface area contributed by atoms with E-state index in [1.807, 2.05) is 26.8 Å². The predicted molar refractivity (Wildman–Crippen MR) is 124 cm³/mol. The number of benzene rings is 2. The zero-order valence-corrected chi connectivity index (χ0v) is 19.1. The highest BCUT2D eigenvalue weighted by Crippen LogP contribution is 2.28. The van der Waals surface area contributed by atoms with Crippen LogP contribution >= 0.6 is 0 Å². The van der Waals surface area contributed by atoms with E-state index in [-0.39, 0.29) is 11.9 Å². The van der Waals surface area contributed by atoms with E-state index in [0.717, 1.165) is 35.5 Å². The Morgan fingerprint density at radius 1 is 0.967 bits per heavy atom. The third kappa shape index (κ3) is 5.56. The summed E-state index contributed by atoms with van der Waals surface area (Å²) in [5, 5.41) is 3.10. The van der Waals surface area contributed by atoms with Crippen LogP contribution in [0.4, 0.5) is 5.69 Å². The molecule has 0 aliphatic carbocycles. The Kier molecular flexibility index (Phi) is 7.41. The quantitative estimate of drug-likeness (QED) is 0.634. The predicted octanol–water partition coefficient (Wildman–Crippen LogP) is 5.75. The van der Waals surface area contributed by atoms with Gasteiger partial charge in [0.15, 0.2) is 6.10 Å². The molecule has 1 heterocycles. The van der Waals surface area contributed by atoms with Gasteiger partial charge in [0.25, 0.3) is 5.91 Å². The van der Waals surface area contributed by atoms with Gasteiger partial charge in [-0.1, -0.05) is 38.1 Å². The monoisotopic (exact) mass is 408 g/mol. The number of ether oxygens (including phenoxy) is 1. The lowest BCUT2D eigenvalue weighted by atomic mass is 10.0. The van der Waals surface area contributed by atoms with Crippen LogP contribution in [0.15, 0.2) is 42.5 Å². The molecule has 162 valence electrons. The van der Waals surface area contributed by atoms with Crippen molar-refractivity contribution >= 4 is 11.6 Å². The number of hydrogen-bond acceptors (Lipinski definition) is 3. The summed E-state index contributed by atoms with van der Waals surface area (Å²) < 4.78 is 6.07. The number of carbonyl (C=O) groups is 1. The van der Waals surface area contributed by atoms with Gasteiger partial charge in [0, 0.05) is 18.8 Å². The molecule has 2 aromatic rings. The summed E-state index contributed by atoms with van der Waals surface area (Å²) in [7, 11) is 0. The third-order valence-electron chi connectivity index (χ3n) is 5.94. The molecule has 2 aromatic carbocycles. The fourth-order valence-electron chi connectivity index (χ4n) is 4.00. The lowest BCUT2D eigenvalue weighted by Crippen LogP contribution is -2.38. The summed E-state index contributed by atoms with van der Waals surface area (Å²) in [6.07, 6.45) is 3.32. The van der Waals surface area contributed by atoms with E-state index >= 15 is 0 Å². The topological polar surface area (TPSA) is 41.6 Å². The van der Waals surface area contributed by atoms with Crippen molar-refractivity contribution in [3.8, 4) is 5.75 Å². The standard InChI is InChI=1S/C26H36N2O2/c1-18(2)24-14-9-19(3)17-25(24)30-21(5)26(29)27-20(4)22-10-12-23(13-11-22)28-15-7-6-8-16-28/h9-14,17-18,20-21H,6-8,15-16H2,1-5H3,(H,27,29)/t20-,21-/m0/s1. The van der Waals surface area contributed by atoms with Crippen LogP contribution in [-0.4, -0.2) is 25.1 Å². The molecule has 1 aliphatic rings. The van der Waals surface area contributed by atoms with E-state index in [2.05, 4.69) is 60.5 Å². The van der Waals surface area contributed by atoms with Gasteiger partial charge in [0.1, 0.15) is 5.75 Å². The number of piperidine rings is 1. The van der Waals surface area contributed by atoms with Crippen LogP contribution in [0.3, 0.4) is 0 Å². The van der Waals surface area contributed by atoms with Gasteiger partial charge in [-0.2, -0.15) is 0 Å². The number of carbonyl (C=O) groups excluding carboxylic acids is 1. The van der Waals surface area contributed by atoms with Gasteiger partial charge in [0.2, 0.25) is 0 Å². The molecule has 3 rings (SSSR count). The zero-order valence-electron chi connectivity index (χ0n) is 19.1.